The predicted octanol–water partition coefficient (Wildman–Crippen LogP) is 3.00. The molecule has 0 spiro atoms. The molecular weight excluding hydrogens is 355 g/mol. The number of ether oxygens (including phenoxy) is 1. The van der Waals surface area contributed by atoms with Gasteiger partial charge in [-0.2, -0.15) is 0 Å². The zero-order chi connectivity index (χ0) is 17.3. The molecule has 0 aliphatic heterocycles. The molecule has 3 aromatic rings. The molecule has 0 saturated carbocycles. The van der Waals surface area contributed by atoms with Crippen LogP contribution < -0.4 is 10.3 Å². The highest BCUT2D eigenvalue weighted by molar-refractivity contribution is 6.39. The molecule has 0 aliphatic rings. The van der Waals surface area contributed by atoms with Gasteiger partial charge >= 0.3 is 5.97 Å². The molecule has 0 saturated heterocycles. The Kier molecular flexibility index (Phi) is 4.46. The number of hydrogen-bond donors (Lipinski definition) is 1. The Hall–Kier alpha value is -2.51. The van der Waals surface area contributed by atoms with Crippen LogP contribution in [-0.4, -0.2) is 25.9 Å². The first-order valence-corrected chi connectivity index (χ1v) is 7.65. The lowest BCUT2D eigenvalue weighted by atomic mass is 10.1. The van der Waals surface area contributed by atoms with Crippen LogP contribution >= 0.6 is 23.2 Å². The van der Waals surface area contributed by atoms with E-state index in [0.29, 0.717) is 0 Å². The quantitative estimate of drug-likeness (QED) is 0.717. The number of nitrogens with one attached hydrogen (secondary N) is 1. The second kappa shape index (κ2) is 6.54. The molecule has 0 bridgehead atoms. The van der Waals surface area contributed by atoms with Crippen molar-refractivity contribution in [2.75, 3.05) is 0 Å². The largest absolute Gasteiger partial charge is 0.423 e. The summed E-state index contributed by atoms with van der Waals surface area (Å²) >= 11 is 12.3. The van der Waals surface area contributed by atoms with Gasteiger partial charge in [-0.3, -0.25) is 14.6 Å². The first-order chi connectivity index (χ1) is 11.5. The molecule has 0 amide bonds. The van der Waals surface area contributed by atoms with Crippen LogP contribution in [0.5, 0.6) is 5.75 Å². The summed E-state index contributed by atoms with van der Waals surface area (Å²) in [5, 5.41) is 0.287. The van der Waals surface area contributed by atoms with E-state index in [-0.39, 0.29) is 44.5 Å². The number of aromatic amines is 1. The van der Waals surface area contributed by atoms with Gasteiger partial charge in [-0.15, -0.1) is 0 Å². The van der Waals surface area contributed by atoms with Gasteiger partial charge in [0.2, 0.25) is 0 Å². The van der Waals surface area contributed by atoms with Gasteiger partial charge in [-0.05, 0) is 0 Å². The van der Waals surface area contributed by atoms with Gasteiger partial charge in [0.1, 0.15) is 5.52 Å². The zero-order valence-electron chi connectivity index (χ0n) is 12.3. The molecule has 0 radical (unpaired) electrons. The summed E-state index contributed by atoms with van der Waals surface area (Å²) in [6.07, 6.45) is 5.63. The molecular formula is C15H10Cl2N4O3. The molecule has 3 heterocycles. The number of esters is 1. The van der Waals surface area contributed by atoms with E-state index >= 15 is 0 Å². The number of carbonyl (C=O) groups is 1. The maximum atomic E-state index is 12.6. The van der Waals surface area contributed by atoms with Gasteiger partial charge in [0.05, 0.1) is 15.6 Å². The maximum absolute atomic E-state index is 12.6. The molecule has 0 fully saturated rings. The molecule has 7 nitrogen and oxygen atoms in total. The lowest BCUT2D eigenvalue weighted by Gasteiger charge is -2.13. The lowest BCUT2D eigenvalue weighted by Crippen LogP contribution is -2.16. The monoisotopic (exact) mass is 364 g/mol. The van der Waals surface area contributed by atoms with Crippen molar-refractivity contribution in [1.29, 1.82) is 0 Å². The summed E-state index contributed by atoms with van der Waals surface area (Å²) in [5.41, 5.74) is 0.0597. The summed E-state index contributed by atoms with van der Waals surface area (Å²) < 4.78 is 5.35. The summed E-state index contributed by atoms with van der Waals surface area (Å²) in [6.45, 7) is 1.63. The van der Waals surface area contributed by atoms with E-state index in [1.54, 1.807) is 6.92 Å². The first kappa shape index (κ1) is 16.4. The second-order valence-corrected chi connectivity index (χ2v) is 5.53. The fourth-order valence-corrected chi connectivity index (χ4v) is 2.70. The van der Waals surface area contributed by atoms with Crippen molar-refractivity contribution in [2.45, 2.75) is 13.3 Å². The summed E-state index contributed by atoms with van der Waals surface area (Å²) in [6, 6.07) is 0. The third kappa shape index (κ3) is 2.83. The van der Waals surface area contributed by atoms with Crippen LogP contribution in [0.25, 0.3) is 22.3 Å². The first-order valence-electron chi connectivity index (χ1n) is 6.90. The SMILES string of the molecule is CCC(=O)Oc1c(-c2c(Cl)cncc2Cl)c(=O)[nH]c2nccnc12. The summed E-state index contributed by atoms with van der Waals surface area (Å²) in [4.78, 5) is 39.0. The van der Waals surface area contributed by atoms with Crippen LogP contribution in [0.4, 0.5) is 0 Å². The molecule has 0 aromatic carbocycles. The summed E-state index contributed by atoms with van der Waals surface area (Å²) in [7, 11) is 0. The van der Waals surface area contributed by atoms with Crippen molar-refractivity contribution >= 4 is 40.3 Å². The van der Waals surface area contributed by atoms with Crippen molar-refractivity contribution < 1.29 is 9.53 Å². The lowest BCUT2D eigenvalue weighted by molar-refractivity contribution is -0.133. The highest BCUT2D eigenvalue weighted by atomic mass is 35.5. The average Bonchev–Trinajstić information content (AvgIpc) is 2.56. The van der Waals surface area contributed by atoms with Crippen molar-refractivity contribution in [3.8, 4) is 16.9 Å². The molecule has 1 N–H and O–H groups in total. The standard InChI is InChI=1S/C15H10Cl2N4O3/c1-2-9(22)24-13-11(10-7(16)5-18-6-8(10)17)15(23)21-14-12(13)19-3-4-20-14/h3-6H,2H2,1H3,(H,20,21,23). The molecule has 122 valence electrons. The Labute approximate surface area is 145 Å². The Morgan fingerprint density at radius 3 is 2.50 bits per heavy atom. The molecule has 9 heteroatoms. The van der Waals surface area contributed by atoms with Crippen LogP contribution in [0, 0.1) is 0 Å². The number of hydrogen-bond acceptors (Lipinski definition) is 6. The van der Waals surface area contributed by atoms with E-state index in [4.69, 9.17) is 27.9 Å². The van der Waals surface area contributed by atoms with E-state index in [1.165, 1.54) is 24.8 Å². The molecule has 0 atom stereocenters. The number of pyridine rings is 2. The smallest absolute Gasteiger partial charge is 0.310 e. The number of fused-ring (bicyclic) bond motifs is 1. The van der Waals surface area contributed by atoms with E-state index < -0.39 is 11.5 Å². The minimum atomic E-state index is -0.558. The van der Waals surface area contributed by atoms with Crippen molar-refractivity contribution in [3.05, 3.63) is 45.2 Å². The molecule has 3 rings (SSSR count). The number of aromatic nitrogens is 4. The third-order valence-corrected chi connectivity index (χ3v) is 3.78. The molecule has 0 aliphatic carbocycles. The third-order valence-electron chi connectivity index (χ3n) is 3.21. The Morgan fingerprint density at radius 2 is 1.83 bits per heavy atom. The Balaban J connectivity index is 2.42. The number of halogens is 2. The fraction of sp³-hybridized carbons (Fsp3) is 0.133. The fourth-order valence-electron chi connectivity index (χ4n) is 2.15. The van der Waals surface area contributed by atoms with Crippen molar-refractivity contribution in [3.63, 3.8) is 0 Å². The van der Waals surface area contributed by atoms with Crippen LogP contribution in [0.2, 0.25) is 10.0 Å². The van der Waals surface area contributed by atoms with Crippen LogP contribution in [0.3, 0.4) is 0 Å². The second-order valence-electron chi connectivity index (χ2n) is 4.72. The van der Waals surface area contributed by atoms with E-state index in [1.807, 2.05) is 0 Å². The molecule has 3 aromatic heterocycles. The van der Waals surface area contributed by atoms with Gasteiger partial charge in [-0.25, -0.2) is 9.97 Å². The minimum Gasteiger partial charge on any atom is -0.423 e. The normalized spacial score (nSPS) is 10.8. The van der Waals surface area contributed by atoms with E-state index in [2.05, 4.69) is 19.9 Å². The maximum Gasteiger partial charge on any atom is 0.310 e. The minimum absolute atomic E-state index is 0.00204. The zero-order valence-corrected chi connectivity index (χ0v) is 13.9. The van der Waals surface area contributed by atoms with Gasteiger partial charge in [0.25, 0.3) is 5.56 Å². The number of carbonyl (C=O) groups excluding carboxylic acids is 1. The van der Waals surface area contributed by atoms with Gasteiger partial charge in [-0.1, -0.05) is 30.1 Å². The highest BCUT2D eigenvalue weighted by Crippen LogP contribution is 2.39. The number of rotatable bonds is 3. The highest BCUT2D eigenvalue weighted by Gasteiger charge is 2.23. The van der Waals surface area contributed by atoms with Crippen LogP contribution in [0.15, 0.2) is 29.6 Å². The van der Waals surface area contributed by atoms with E-state index in [0.717, 1.165) is 0 Å². The molecule has 0 unspecified atom stereocenters. The summed E-state index contributed by atoms with van der Waals surface area (Å²) in [5.74, 6) is -0.571. The van der Waals surface area contributed by atoms with Gasteiger partial charge < -0.3 is 9.72 Å². The topological polar surface area (TPSA) is 97.8 Å². The van der Waals surface area contributed by atoms with Crippen LogP contribution in [0.1, 0.15) is 13.3 Å². The average molecular weight is 365 g/mol. The Bertz CT molecular complexity index is 983. The van der Waals surface area contributed by atoms with Crippen LogP contribution in [-0.2, 0) is 4.79 Å². The van der Waals surface area contributed by atoms with Crippen molar-refractivity contribution in [2.24, 2.45) is 0 Å². The van der Waals surface area contributed by atoms with E-state index in [9.17, 15) is 9.59 Å². The molecule has 24 heavy (non-hydrogen) atoms. The predicted molar refractivity (Wildman–Crippen MR) is 89.3 cm³/mol. The number of H-pyrrole nitrogens is 1. The van der Waals surface area contributed by atoms with Crippen molar-refractivity contribution in [1.82, 2.24) is 19.9 Å². The Morgan fingerprint density at radius 1 is 1.17 bits per heavy atom. The van der Waals surface area contributed by atoms with Gasteiger partial charge in [0, 0.05) is 36.8 Å². The number of nitrogens with zero attached hydrogens (tertiary/aromatic N) is 3. The van der Waals surface area contributed by atoms with Gasteiger partial charge in [0.15, 0.2) is 11.4 Å².